The van der Waals surface area contributed by atoms with Crippen LogP contribution in [0.2, 0.25) is 5.02 Å². The van der Waals surface area contributed by atoms with Crippen LogP contribution in [0.15, 0.2) is 75.3 Å². The van der Waals surface area contributed by atoms with E-state index in [4.69, 9.17) is 16.0 Å². The van der Waals surface area contributed by atoms with E-state index in [0.717, 1.165) is 6.07 Å². The Morgan fingerprint density at radius 3 is 2.55 bits per heavy atom. The first-order chi connectivity index (χ1) is 13.8. The highest BCUT2D eigenvalue weighted by molar-refractivity contribution is 7.93. The summed E-state index contributed by atoms with van der Waals surface area (Å²) in [5, 5.41) is 15.4. The lowest BCUT2D eigenvalue weighted by atomic mass is 10.3. The highest BCUT2D eigenvalue weighted by atomic mass is 35.5. The van der Waals surface area contributed by atoms with E-state index in [2.05, 4.69) is 15.2 Å². The Morgan fingerprint density at radius 2 is 1.90 bits per heavy atom. The zero-order chi connectivity index (χ0) is 21.0. The molecule has 9 nitrogen and oxygen atoms in total. The van der Waals surface area contributed by atoms with Crippen LogP contribution in [-0.2, 0) is 10.0 Å². The number of furan rings is 1. The molecule has 0 saturated carbocycles. The van der Waals surface area contributed by atoms with Crippen molar-refractivity contribution in [2.45, 2.75) is 11.8 Å². The Hall–Kier alpha value is -3.37. The van der Waals surface area contributed by atoms with Crippen LogP contribution in [0.4, 0.5) is 17.1 Å². The third-order valence-corrected chi connectivity index (χ3v) is 5.54. The van der Waals surface area contributed by atoms with Crippen LogP contribution in [0.3, 0.4) is 0 Å². The molecule has 0 saturated heterocycles. The number of rotatable bonds is 7. The molecule has 0 aliphatic heterocycles. The molecule has 0 bridgehead atoms. The largest absolute Gasteiger partial charge is 0.463 e. The standard InChI is InChI=1S/C18H15ClN4O5S/c1-12(17-7-4-10-28-17)20-21-16-9-8-13(23(24)25)11-18(16)29(26,27)22-15-6-3-2-5-14(15)19/h2-11,21-22H,1H3. The summed E-state index contributed by atoms with van der Waals surface area (Å²) < 4.78 is 33.4. The maximum atomic E-state index is 12.9. The molecule has 1 heterocycles. The molecular formula is C18H15ClN4O5S. The van der Waals surface area contributed by atoms with Crippen molar-refractivity contribution in [3.63, 3.8) is 0 Å². The lowest BCUT2D eigenvalue weighted by molar-refractivity contribution is -0.385. The molecule has 11 heteroatoms. The summed E-state index contributed by atoms with van der Waals surface area (Å²) in [6.07, 6.45) is 1.48. The van der Waals surface area contributed by atoms with E-state index in [0.29, 0.717) is 11.5 Å². The van der Waals surface area contributed by atoms with Crippen molar-refractivity contribution in [1.29, 1.82) is 0 Å². The zero-order valence-electron chi connectivity index (χ0n) is 15.0. The second-order valence-electron chi connectivity index (χ2n) is 5.81. The van der Waals surface area contributed by atoms with Gasteiger partial charge in [0.15, 0.2) is 0 Å². The van der Waals surface area contributed by atoms with E-state index in [1.54, 1.807) is 31.2 Å². The minimum absolute atomic E-state index is 0.0426. The topological polar surface area (TPSA) is 127 Å². The van der Waals surface area contributed by atoms with Crippen LogP contribution in [-0.4, -0.2) is 19.1 Å². The van der Waals surface area contributed by atoms with E-state index in [1.807, 2.05) is 0 Å². The molecule has 0 spiro atoms. The number of para-hydroxylation sites is 1. The summed E-state index contributed by atoms with van der Waals surface area (Å²) in [5.41, 5.74) is 2.88. The molecule has 3 rings (SSSR count). The summed E-state index contributed by atoms with van der Waals surface area (Å²) in [6, 6.07) is 13.0. The molecular weight excluding hydrogens is 420 g/mol. The Bertz CT molecular complexity index is 1180. The number of hydrogen-bond donors (Lipinski definition) is 2. The normalized spacial score (nSPS) is 11.9. The molecule has 29 heavy (non-hydrogen) atoms. The van der Waals surface area contributed by atoms with Crippen LogP contribution in [0.25, 0.3) is 0 Å². The molecule has 0 aliphatic carbocycles. The number of benzene rings is 2. The minimum Gasteiger partial charge on any atom is -0.463 e. The number of nitro groups is 1. The number of anilines is 2. The van der Waals surface area contributed by atoms with Gasteiger partial charge in [-0.3, -0.25) is 20.3 Å². The van der Waals surface area contributed by atoms with Crippen molar-refractivity contribution in [1.82, 2.24) is 0 Å². The van der Waals surface area contributed by atoms with Gasteiger partial charge in [-0.05, 0) is 37.3 Å². The first-order valence-electron chi connectivity index (χ1n) is 8.18. The summed E-state index contributed by atoms with van der Waals surface area (Å²) >= 11 is 6.02. The van der Waals surface area contributed by atoms with Gasteiger partial charge in [0.2, 0.25) is 0 Å². The molecule has 0 unspecified atom stereocenters. The maximum absolute atomic E-state index is 12.9. The van der Waals surface area contributed by atoms with Crippen LogP contribution in [0, 0.1) is 10.1 Å². The van der Waals surface area contributed by atoms with Gasteiger partial charge >= 0.3 is 0 Å². The average Bonchev–Trinajstić information content (AvgIpc) is 3.22. The van der Waals surface area contributed by atoms with Gasteiger partial charge in [0, 0.05) is 12.1 Å². The summed E-state index contributed by atoms with van der Waals surface area (Å²) in [4.78, 5) is 10.1. The third-order valence-electron chi connectivity index (χ3n) is 3.81. The van der Waals surface area contributed by atoms with Crippen molar-refractivity contribution < 1.29 is 17.8 Å². The summed E-state index contributed by atoms with van der Waals surface area (Å²) in [7, 11) is -4.22. The van der Waals surface area contributed by atoms with Crippen molar-refractivity contribution in [3.8, 4) is 0 Å². The number of halogens is 1. The lowest BCUT2D eigenvalue weighted by Crippen LogP contribution is -2.15. The fourth-order valence-electron chi connectivity index (χ4n) is 2.37. The molecule has 2 aromatic carbocycles. The van der Waals surface area contributed by atoms with Gasteiger partial charge in [-0.15, -0.1) is 0 Å². The van der Waals surface area contributed by atoms with E-state index >= 15 is 0 Å². The molecule has 3 aromatic rings. The van der Waals surface area contributed by atoms with Gasteiger partial charge < -0.3 is 4.42 Å². The summed E-state index contributed by atoms with van der Waals surface area (Å²) in [6.45, 7) is 1.66. The highest BCUT2D eigenvalue weighted by Gasteiger charge is 2.23. The van der Waals surface area contributed by atoms with Crippen LogP contribution >= 0.6 is 11.6 Å². The van der Waals surface area contributed by atoms with Crippen molar-refractivity contribution in [2.24, 2.45) is 5.10 Å². The van der Waals surface area contributed by atoms with E-state index < -0.39 is 14.9 Å². The molecule has 0 fully saturated rings. The number of hydrogen-bond acceptors (Lipinski definition) is 7. The molecule has 150 valence electrons. The van der Waals surface area contributed by atoms with Gasteiger partial charge in [0.25, 0.3) is 15.7 Å². The van der Waals surface area contributed by atoms with Crippen LogP contribution in [0.5, 0.6) is 0 Å². The fraction of sp³-hybridized carbons (Fsp3) is 0.0556. The quantitative estimate of drug-likeness (QED) is 0.320. The second-order valence-corrected chi connectivity index (χ2v) is 7.87. The lowest BCUT2D eigenvalue weighted by Gasteiger charge is -2.13. The van der Waals surface area contributed by atoms with Crippen molar-refractivity contribution >= 4 is 44.4 Å². The number of nitrogens with zero attached hydrogens (tertiary/aromatic N) is 2. The number of hydrazone groups is 1. The first-order valence-corrected chi connectivity index (χ1v) is 10.0. The molecule has 1 aromatic heterocycles. The molecule has 0 aliphatic rings. The van der Waals surface area contributed by atoms with Gasteiger partial charge in [-0.2, -0.15) is 5.10 Å². The molecule has 0 atom stereocenters. The SMILES string of the molecule is CC(=NNc1ccc([N+](=O)[O-])cc1S(=O)(=O)Nc1ccccc1Cl)c1ccco1. The van der Waals surface area contributed by atoms with E-state index in [-0.39, 0.29) is 27.0 Å². The Kier molecular flexibility index (Phi) is 5.85. The van der Waals surface area contributed by atoms with Crippen molar-refractivity contribution in [2.75, 3.05) is 10.1 Å². The van der Waals surface area contributed by atoms with Gasteiger partial charge in [0.1, 0.15) is 16.4 Å². The Labute approximate surface area is 171 Å². The number of non-ortho nitro benzene ring substituents is 1. The number of sulfonamides is 1. The fourth-order valence-corrected chi connectivity index (χ4v) is 3.86. The predicted molar refractivity (Wildman–Crippen MR) is 110 cm³/mol. The third kappa shape index (κ3) is 4.73. The van der Waals surface area contributed by atoms with E-state index in [9.17, 15) is 18.5 Å². The highest BCUT2D eigenvalue weighted by Crippen LogP contribution is 2.30. The van der Waals surface area contributed by atoms with E-state index in [1.165, 1.54) is 30.5 Å². The van der Waals surface area contributed by atoms with Gasteiger partial charge in [-0.25, -0.2) is 8.42 Å². The van der Waals surface area contributed by atoms with Gasteiger partial charge in [0.05, 0.1) is 27.6 Å². The second kappa shape index (κ2) is 8.33. The smallest absolute Gasteiger partial charge is 0.270 e. The predicted octanol–water partition coefficient (Wildman–Crippen LogP) is 4.48. The Balaban J connectivity index is 2.01. The van der Waals surface area contributed by atoms with Crippen LogP contribution in [0.1, 0.15) is 12.7 Å². The minimum atomic E-state index is -4.22. The maximum Gasteiger partial charge on any atom is 0.270 e. The monoisotopic (exact) mass is 434 g/mol. The number of nitro benzene ring substituents is 1. The summed E-state index contributed by atoms with van der Waals surface area (Å²) in [5.74, 6) is 0.484. The average molecular weight is 435 g/mol. The zero-order valence-corrected chi connectivity index (χ0v) is 16.6. The first kappa shape index (κ1) is 20.4. The van der Waals surface area contributed by atoms with Crippen molar-refractivity contribution in [3.05, 3.63) is 81.8 Å². The number of nitrogens with one attached hydrogen (secondary N) is 2. The van der Waals surface area contributed by atoms with Gasteiger partial charge in [-0.1, -0.05) is 23.7 Å². The Morgan fingerprint density at radius 1 is 1.14 bits per heavy atom. The molecule has 0 radical (unpaired) electrons. The molecule has 2 N–H and O–H groups in total. The molecule has 0 amide bonds. The van der Waals surface area contributed by atoms with Crippen LogP contribution < -0.4 is 10.1 Å².